The fourth-order valence-corrected chi connectivity index (χ4v) is 1.72. The molecule has 1 rings (SSSR count). The first-order chi connectivity index (χ1) is 8.34. The van der Waals surface area contributed by atoms with Crippen LogP contribution in [0.25, 0.3) is 0 Å². The summed E-state index contributed by atoms with van der Waals surface area (Å²) < 4.78 is 0. The van der Waals surface area contributed by atoms with Gasteiger partial charge in [-0.05, 0) is 30.2 Å². The van der Waals surface area contributed by atoms with Gasteiger partial charge in [-0.15, -0.1) is 12.4 Å². The average molecular weight is 285 g/mol. The van der Waals surface area contributed by atoms with Crippen LogP contribution in [0, 0.1) is 5.92 Å². The van der Waals surface area contributed by atoms with E-state index in [1.807, 2.05) is 26.1 Å². The summed E-state index contributed by atoms with van der Waals surface area (Å²) in [4.78, 5) is 11.8. The van der Waals surface area contributed by atoms with Crippen molar-refractivity contribution in [1.82, 2.24) is 5.32 Å². The molecule has 0 bridgehead atoms. The van der Waals surface area contributed by atoms with Crippen LogP contribution in [-0.4, -0.2) is 19.5 Å². The van der Waals surface area contributed by atoms with Gasteiger partial charge in [0.25, 0.3) is 0 Å². The molecular formula is C15H25ClN2O. The first-order valence-electron chi connectivity index (χ1n) is 6.40. The molecule has 1 amide bonds. The van der Waals surface area contributed by atoms with Gasteiger partial charge >= 0.3 is 0 Å². The van der Waals surface area contributed by atoms with Crippen molar-refractivity contribution in [2.75, 3.05) is 18.9 Å². The highest BCUT2D eigenvalue weighted by Gasteiger charge is 2.14. The third kappa shape index (κ3) is 5.62. The molecule has 0 radical (unpaired) electrons. The predicted octanol–water partition coefficient (Wildman–Crippen LogP) is 3.20. The zero-order chi connectivity index (χ0) is 13.8. The highest BCUT2D eigenvalue weighted by Crippen LogP contribution is 2.23. The van der Waals surface area contributed by atoms with E-state index in [0.717, 1.165) is 5.69 Å². The van der Waals surface area contributed by atoms with E-state index in [2.05, 4.69) is 43.5 Å². The van der Waals surface area contributed by atoms with E-state index in [-0.39, 0.29) is 29.6 Å². The largest absolute Gasteiger partial charge is 0.326 e. The molecule has 0 aromatic heterocycles. The molecule has 2 N–H and O–H groups in total. The Morgan fingerprint density at radius 2 is 1.74 bits per heavy atom. The molecule has 1 unspecified atom stereocenters. The summed E-state index contributed by atoms with van der Waals surface area (Å²) in [7, 11) is 1.85. The fourth-order valence-electron chi connectivity index (χ4n) is 1.72. The Kier molecular flexibility index (Phi) is 7.09. The number of rotatable bonds is 4. The second kappa shape index (κ2) is 7.51. The van der Waals surface area contributed by atoms with Gasteiger partial charge in [-0.1, -0.05) is 39.8 Å². The number of amides is 1. The zero-order valence-corrected chi connectivity index (χ0v) is 13.2. The first kappa shape index (κ1) is 17.9. The van der Waals surface area contributed by atoms with Gasteiger partial charge in [0.05, 0.1) is 0 Å². The van der Waals surface area contributed by atoms with Crippen LogP contribution in [-0.2, 0) is 10.2 Å². The van der Waals surface area contributed by atoms with Gasteiger partial charge in [0.15, 0.2) is 0 Å². The van der Waals surface area contributed by atoms with Crippen molar-refractivity contribution in [2.45, 2.75) is 33.1 Å². The highest BCUT2D eigenvalue weighted by molar-refractivity contribution is 5.92. The highest BCUT2D eigenvalue weighted by atomic mass is 35.5. The van der Waals surface area contributed by atoms with Gasteiger partial charge in [0.1, 0.15) is 0 Å². The van der Waals surface area contributed by atoms with Crippen molar-refractivity contribution >= 4 is 24.0 Å². The molecule has 0 aliphatic heterocycles. The number of benzene rings is 1. The number of nitrogens with one attached hydrogen (secondary N) is 2. The normalized spacial score (nSPS) is 12.5. The van der Waals surface area contributed by atoms with Crippen LogP contribution >= 0.6 is 12.4 Å². The molecule has 0 saturated carbocycles. The van der Waals surface area contributed by atoms with Gasteiger partial charge in [-0.3, -0.25) is 4.79 Å². The third-order valence-corrected chi connectivity index (χ3v) is 2.98. The maximum absolute atomic E-state index is 11.8. The molecule has 0 fully saturated rings. The predicted molar refractivity (Wildman–Crippen MR) is 84.1 cm³/mol. The van der Waals surface area contributed by atoms with Crippen LogP contribution in [0.4, 0.5) is 5.69 Å². The minimum atomic E-state index is -0.0303. The first-order valence-corrected chi connectivity index (χ1v) is 6.40. The lowest BCUT2D eigenvalue weighted by Gasteiger charge is -2.19. The van der Waals surface area contributed by atoms with E-state index >= 15 is 0 Å². The van der Waals surface area contributed by atoms with E-state index in [9.17, 15) is 4.79 Å². The third-order valence-electron chi connectivity index (χ3n) is 2.98. The van der Waals surface area contributed by atoms with Crippen LogP contribution in [0.15, 0.2) is 24.3 Å². The summed E-state index contributed by atoms with van der Waals surface area (Å²) >= 11 is 0. The Morgan fingerprint density at radius 1 is 1.21 bits per heavy atom. The Morgan fingerprint density at radius 3 is 2.16 bits per heavy atom. The van der Waals surface area contributed by atoms with Gasteiger partial charge in [0.2, 0.25) is 5.91 Å². The number of carbonyl (C=O) groups is 1. The van der Waals surface area contributed by atoms with Crippen molar-refractivity contribution in [3.63, 3.8) is 0 Å². The topological polar surface area (TPSA) is 41.1 Å². The van der Waals surface area contributed by atoms with E-state index in [4.69, 9.17) is 0 Å². The smallest absolute Gasteiger partial charge is 0.228 e. The van der Waals surface area contributed by atoms with Crippen LogP contribution in [0.5, 0.6) is 0 Å². The standard InChI is InChI=1S/C15H24N2O.ClH/c1-11(10-16-5)14(18)17-13-8-6-12(7-9-13)15(2,3)4;/h6-9,11,16H,10H2,1-5H3,(H,17,18);1H. The van der Waals surface area contributed by atoms with Crippen LogP contribution in [0.3, 0.4) is 0 Å². The quantitative estimate of drug-likeness (QED) is 0.891. The van der Waals surface area contributed by atoms with Gasteiger partial charge in [0, 0.05) is 18.2 Å². The average Bonchev–Trinajstić information content (AvgIpc) is 2.28. The summed E-state index contributed by atoms with van der Waals surface area (Å²) in [5.74, 6) is 0.0187. The minimum absolute atomic E-state index is 0. The van der Waals surface area contributed by atoms with E-state index in [0.29, 0.717) is 6.54 Å². The lowest BCUT2D eigenvalue weighted by atomic mass is 9.87. The molecule has 0 saturated heterocycles. The Bertz CT molecular complexity index is 396. The molecule has 0 spiro atoms. The number of hydrogen-bond donors (Lipinski definition) is 2. The molecule has 0 aliphatic carbocycles. The van der Waals surface area contributed by atoms with Gasteiger partial charge < -0.3 is 10.6 Å². The van der Waals surface area contributed by atoms with Gasteiger partial charge in [-0.25, -0.2) is 0 Å². The Hall–Kier alpha value is -1.06. The summed E-state index contributed by atoms with van der Waals surface area (Å²) in [6.45, 7) is 9.13. The molecule has 4 heteroatoms. The summed E-state index contributed by atoms with van der Waals surface area (Å²) in [6, 6.07) is 8.06. The van der Waals surface area contributed by atoms with Crippen molar-refractivity contribution in [2.24, 2.45) is 5.92 Å². The SMILES string of the molecule is CNCC(C)C(=O)Nc1ccc(C(C)(C)C)cc1.Cl. The Balaban J connectivity index is 0.00000324. The van der Waals surface area contributed by atoms with E-state index in [1.165, 1.54) is 5.56 Å². The number of anilines is 1. The fraction of sp³-hybridized carbons (Fsp3) is 0.533. The molecule has 108 valence electrons. The molecule has 19 heavy (non-hydrogen) atoms. The summed E-state index contributed by atoms with van der Waals surface area (Å²) in [5, 5.41) is 5.93. The molecular weight excluding hydrogens is 260 g/mol. The maximum atomic E-state index is 11.8. The summed E-state index contributed by atoms with van der Waals surface area (Å²) in [5.41, 5.74) is 2.27. The minimum Gasteiger partial charge on any atom is -0.326 e. The van der Waals surface area contributed by atoms with E-state index < -0.39 is 0 Å². The van der Waals surface area contributed by atoms with E-state index in [1.54, 1.807) is 0 Å². The van der Waals surface area contributed by atoms with Crippen LogP contribution in [0.1, 0.15) is 33.3 Å². The van der Waals surface area contributed by atoms with Crippen molar-refractivity contribution in [3.8, 4) is 0 Å². The molecule has 1 atom stereocenters. The number of hydrogen-bond acceptors (Lipinski definition) is 2. The molecule has 1 aromatic carbocycles. The summed E-state index contributed by atoms with van der Waals surface area (Å²) in [6.07, 6.45) is 0. The Labute approximate surface area is 122 Å². The van der Waals surface area contributed by atoms with Crippen LogP contribution < -0.4 is 10.6 Å². The van der Waals surface area contributed by atoms with Crippen LogP contribution in [0.2, 0.25) is 0 Å². The van der Waals surface area contributed by atoms with Crippen molar-refractivity contribution in [3.05, 3.63) is 29.8 Å². The monoisotopic (exact) mass is 284 g/mol. The maximum Gasteiger partial charge on any atom is 0.228 e. The zero-order valence-electron chi connectivity index (χ0n) is 12.4. The molecule has 1 aromatic rings. The molecule has 3 nitrogen and oxygen atoms in total. The van der Waals surface area contributed by atoms with Crippen molar-refractivity contribution in [1.29, 1.82) is 0 Å². The molecule has 0 aliphatic rings. The van der Waals surface area contributed by atoms with Crippen molar-refractivity contribution < 1.29 is 4.79 Å². The van der Waals surface area contributed by atoms with Gasteiger partial charge in [-0.2, -0.15) is 0 Å². The molecule has 0 heterocycles. The lowest BCUT2D eigenvalue weighted by Crippen LogP contribution is -2.28. The number of carbonyl (C=O) groups excluding carboxylic acids is 1. The second-order valence-corrected chi connectivity index (χ2v) is 5.78. The number of halogens is 1. The second-order valence-electron chi connectivity index (χ2n) is 5.78. The lowest BCUT2D eigenvalue weighted by molar-refractivity contribution is -0.119.